The van der Waals surface area contributed by atoms with Crippen LogP contribution < -0.4 is 5.32 Å². The van der Waals surface area contributed by atoms with Crippen molar-refractivity contribution in [1.82, 2.24) is 5.32 Å². The first-order valence-electron chi connectivity index (χ1n) is 2.36. The van der Waals surface area contributed by atoms with Crippen LogP contribution in [-0.2, 0) is 4.79 Å². The molecule has 0 heterocycles. The molecule has 0 aliphatic carbocycles. The van der Waals surface area contributed by atoms with E-state index in [1.54, 1.807) is 0 Å². The van der Waals surface area contributed by atoms with Crippen molar-refractivity contribution in [3.05, 3.63) is 0 Å². The predicted molar refractivity (Wildman–Crippen MR) is 24.7 cm³/mol. The van der Waals surface area contributed by atoms with Crippen molar-refractivity contribution in [2.75, 3.05) is 6.54 Å². The van der Waals surface area contributed by atoms with Gasteiger partial charge in [0.1, 0.15) is 0 Å². The van der Waals surface area contributed by atoms with E-state index in [1.807, 2.05) is 0 Å². The average Bonchev–Trinajstić information content (AvgIpc) is 1.81. The number of amides is 1. The standard InChI is InChI=1S/C4H3F5NO/c5-3(6,1-10-2-11)4(7,8)9/h1H2,(H,10,11). The summed E-state index contributed by atoms with van der Waals surface area (Å²) in [4.78, 5) is 9.24. The summed E-state index contributed by atoms with van der Waals surface area (Å²) < 4.78 is 57.2. The molecule has 0 aliphatic heterocycles. The summed E-state index contributed by atoms with van der Waals surface area (Å²) in [6.07, 6.45) is -4.91. The fourth-order valence-electron chi connectivity index (χ4n) is 0.247. The molecule has 0 bridgehead atoms. The molecule has 0 saturated heterocycles. The fraction of sp³-hybridized carbons (Fsp3) is 0.750. The van der Waals surface area contributed by atoms with Crippen molar-refractivity contribution >= 4 is 6.41 Å². The lowest BCUT2D eigenvalue weighted by Crippen LogP contribution is -2.44. The molecule has 0 atom stereocenters. The summed E-state index contributed by atoms with van der Waals surface area (Å²) in [6, 6.07) is 0. The number of alkyl halides is 5. The van der Waals surface area contributed by atoms with Crippen LogP contribution in [0.25, 0.3) is 0 Å². The lowest BCUT2D eigenvalue weighted by molar-refractivity contribution is -0.278. The number of rotatable bonds is 3. The van der Waals surface area contributed by atoms with Crippen LogP contribution in [0, 0.1) is 0 Å². The highest BCUT2D eigenvalue weighted by Crippen LogP contribution is 2.34. The number of nitrogens with one attached hydrogen (secondary N) is 1. The number of hydrogen-bond donors (Lipinski definition) is 1. The minimum absolute atomic E-state index is 0.716. The average molecular weight is 176 g/mol. The molecule has 2 nitrogen and oxygen atoms in total. The van der Waals surface area contributed by atoms with Gasteiger partial charge in [-0.1, -0.05) is 0 Å². The Morgan fingerprint density at radius 3 is 1.91 bits per heavy atom. The molecule has 11 heavy (non-hydrogen) atoms. The summed E-state index contributed by atoms with van der Waals surface area (Å²) in [5, 5.41) is 1.12. The van der Waals surface area contributed by atoms with Crippen molar-refractivity contribution in [2.24, 2.45) is 0 Å². The Kier molecular flexibility index (Phi) is 2.77. The first kappa shape index (κ1) is 10.1. The Hall–Kier alpha value is -0.880. The van der Waals surface area contributed by atoms with Gasteiger partial charge in [-0.2, -0.15) is 22.0 Å². The number of carbonyl (C=O) groups excluding carboxylic acids is 1. The van der Waals surface area contributed by atoms with Crippen LogP contribution in [0.4, 0.5) is 22.0 Å². The van der Waals surface area contributed by atoms with Gasteiger partial charge in [-0.3, -0.25) is 4.79 Å². The van der Waals surface area contributed by atoms with E-state index in [1.165, 1.54) is 0 Å². The van der Waals surface area contributed by atoms with Gasteiger partial charge in [0.05, 0.1) is 6.54 Å². The van der Waals surface area contributed by atoms with Crippen LogP contribution in [0.5, 0.6) is 0 Å². The SMILES string of the molecule is O=[C]NCC(F)(F)C(F)(F)F. The van der Waals surface area contributed by atoms with Gasteiger partial charge in [-0.15, -0.1) is 0 Å². The van der Waals surface area contributed by atoms with Crippen LogP contribution in [0.2, 0.25) is 0 Å². The van der Waals surface area contributed by atoms with Crippen molar-refractivity contribution in [3.63, 3.8) is 0 Å². The van der Waals surface area contributed by atoms with Crippen LogP contribution in [-0.4, -0.2) is 25.1 Å². The maximum absolute atomic E-state index is 11.8. The van der Waals surface area contributed by atoms with E-state index in [4.69, 9.17) is 0 Å². The molecule has 1 N–H and O–H groups in total. The molecule has 0 aliphatic rings. The Balaban J connectivity index is 4.10. The van der Waals surface area contributed by atoms with Gasteiger partial charge in [0.2, 0.25) is 0 Å². The second-order valence-corrected chi connectivity index (χ2v) is 1.66. The lowest BCUT2D eigenvalue weighted by Gasteiger charge is -2.17. The Morgan fingerprint density at radius 2 is 1.64 bits per heavy atom. The first-order valence-corrected chi connectivity index (χ1v) is 2.36. The molecule has 7 heteroatoms. The maximum atomic E-state index is 11.8. The highest BCUT2D eigenvalue weighted by molar-refractivity contribution is 5.47. The Labute approximate surface area is 58.4 Å². The first-order chi connectivity index (χ1) is 4.81. The van der Waals surface area contributed by atoms with Gasteiger partial charge in [0, 0.05) is 0 Å². The van der Waals surface area contributed by atoms with Gasteiger partial charge >= 0.3 is 18.5 Å². The molecule has 0 aromatic heterocycles. The zero-order valence-electron chi connectivity index (χ0n) is 5.01. The summed E-state index contributed by atoms with van der Waals surface area (Å²) >= 11 is 0. The minimum Gasteiger partial charge on any atom is -0.341 e. The van der Waals surface area contributed by atoms with E-state index >= 15 is 0 Å². The third-order valence-electron chi connectivity index (χ3n) is 0.797. The second-order valence-electron chi connectivity index (χ2n) is 1.66. The van der Waals surface area contributed by atoms with Crippen LogP contribution in [0.3, 0.4) is 0 Å². The second kappa shape index (κ2) is 3.02. The smallest absolute Gasteiger partial charge is 0.341 e. The van der Waals surface area contributed by atoms with Gasteiger partial charge < -0.3 is 5.32 Å². The molecule has 65 valence electrons. The molecule has 1 radical (unpaired) electrons. The van der Waals surface area contributed by atoms with E-state index in [0.717, 1.165) is 5.32 Å². The fourth-order valence-corrected chi connectivity index (χ4v) is 0.247. The molecular weight excluding hydrogens is 173 g/mol. The monoisotopic (exact) mass is 176 g/mol. The zero-order chi connectivity index (χ0) is 9.12. The summed E-state index contributed by atoms with van der Waals surface area (Å²) in [6.45, 7) is -1.78. The van der Waals surface area contributed by atoms with Crippen molar-refractivity contribution < 1.29 is 26.7 Å². The van der Waals surface area contributed by atoms with E-state index in [2.05, 4.69) is 0 Å². The summed E-state index contributed by atoms with van der Waals surface area (Å²) in [5.74, 6) is -4.88. The van der Waals surface area contributed by atoms with Crippen LogP contribution in [0.15, 0.2) is 0 Å². The van der Waals surface area contributed by atoms with Crippen LogP contribution in [0.1, 0.15) is 0 Å². The maximum Gasteiger partial charge on any atom is 0.455 e. The van der Waals surface area contributed by atoms with E-state index in [0.29, 0.717) is 6.41 Å². The third kappa shape index (κ3) is 2.69. The number of halogens is 5. The molecule has 0 fully saturated rings. The topological polar surface area (TPSA) is 29.1 Å². The molecule has 1 amide bonds. The zero-order valence-corrected chi connectivity index (χ0v) is 5.01. The molecule has 0 unspecified atom stereocenters. The van der Waals surface area contributed by atoms with Gasteiger partial charge in [0.15, 0.2) is 0 Å². The lowest BCUT2D eigenvalue weighted by atomic mass is 10.3. The van der Waals surface area contributed by atoms with Crippen molar-refractivity contribution in [3.8, 4) is 0 Å². The quantitative estimate of drug-likeness (QED) is 0.501. The molecular formula is C4H3F5NO. The normalized spacial score (nSPS) is 12.8. The summed E-state index contributed by atoms with van der Waals surface area (Å²) in [5.41, 5.74) is 0. The molecule has 0 spiro atoms. The van der Waals surface area contributed by atoms with Crippen LogP contribution >= 0.6 is 0 Å². The Bertz CT molecular complexity index is 142. The molecule has 0 rings (SSSR count). The van der Waals surface area contributed by atoms with Gasteiger partial charge in [0.25, 0.3) is 0 Å². The minimum atomic E-state index is -5.63. The van der Waals surface area contributed by atoms with E-state index < -0.39 is 18.6 Å². The van der Waals surface area contributed by atoms with Crippen molar-refractivity contribution in [1.29, 1.82) is 0 Å². The Morgan fingerprint density at radius 1 is 1.18 bits per heavy atom. The molecule has 0 saturated carbocycles. The van der Waals surface area contributed by atoms with Crippen molar-refractivity contribution in [2.45, 2.75) is 12.1 Å². The predicted octanol–water partition coefficient (Wildman–Crippen LogP) is 0.841. The highest BCUT2D eigenvalue weighted by Gasteiger charge is 2.57. The highest BCUT2D eigenvalue weighted by atomic mass is 19.4. The summed E-state index contributed by atoms with van der Waals surface area (Å²) in [7, 11) is 0. The van der Waals surface area contributed by atoms with Gasteiger partial charge in [-0.25, -0.2) is 0 Å². The molecule has 0 aromatic carbocycles. The largest absolute Gasteiger partial charge is 0.455 e. The third-order valence-corrected chi connectivity index (χ3v) is 0.797. The van der Waals surface area contributed by atoms with E-state index in [9.17, 15) is 26.7 Å². The molecule has 0 aromatic rings. The van der Waals surface area contributed by atoms with Gasteiger partial charge in [-0.05, 0) is 0 Å². The number of hydrogen-bond acceptors (Lipinski definition) is 1. The van der Waals surface area contributed by atoms with E-state index in [-0.39, 0.29) is 0 Å².